The molecule has 0 N–H and O–H groups in total. The second kappa shape index (κ2) is 6.97. The minimum absolute atomic E-state index is 0.0986. The molecule has 1 fully saturated rings. The smallest absolute Gasteiger partial charge is 0.251 e. The standard InChI is InChI=1S/C13H26N2O2/c1-5-8-15-9-6-12(7-10-15)14(3)13(16)11(2)17-4/h11-12H,5-10H2,1-4H3. The average Bonchev–Trinajstić information content (AvgIpc) is 2.37. The Balaban J connectivity index is 2.40. The van der Waals surface area contributed by atoms with Crippen LogP contribution < -0.4 is 0 Å². The van der Waals surface area contributed by atoms with Crippen LogP contribution in [0.15, 0.2) is 0 Å². The maximum atomic E-state index is 12.0. The van der Waals surface area contributed by atoms with Crippen molar-refractivity contribution < 1.29 is 9.53 Å². The van der Waals surface area contributed by atoms with Crippen molar-refractivity contribution in [2.75, 3.05) is 33.8 Å². The van der Waals surface area contributed by atoms with E-state index in [9.17, 15) is 4.79 Å². The molecular formula is C13H26N2O2. The minimum Gasteiger partial charge on any atom is -0.372 e. The van der Waals surface area contributed by atoms with Crippen LogP contribution in [0.25, 0.3) is 0 Å². The van der Waals surface area contributed by atoms with E-state index < -0.39 is 0 Å². The van der Waals surface area contributed by atoms with Gasteiger partial charge in [0.15, 0.2) is 0 Å². The van der Waals surface area contributed by atoms with Gasteiger partial charge in [-0.2, -0.15) is 0 Å². The number of carbonyl (C=O) groups is 1. The molecule has 1 rings (SSSR count). The molecule has 17 heavy (non-hydrogen) atoms. The van der Waals surface area contributed by atoms with Crippen molar-refractivity contribution in [2.24, 2.45) is 0 Å². The normalized spacial score (nSPS) is 20.2. The largest absolute Gasteiger partial charge is 0.372 e. The summed E-state index contributed by atoms with van der Waals surface area (Å²) in [5.41, 5.74) is 0. The summed E-state index contributed by atoms with van der Waals surface area (Å²) in [6.45, 7) is 7.42. The molecular weight excluding hydrogens is 216 g/mol. The number of hydrogen-bond acceptors (Lipinski definition) is 3. The molecule has 100 valence electrons. The van der Waals surface area contributed by atoms with Crippen molar-refractivity contribution in [3.63, 3.8) is 0 Å². The Kier molecular flexibility index (Phi) is 5.92. The van der Waals surface area contributed by atoms with Crippen molar-refractivity contribution in [1.82, 2.24) is 9.80 Å². The number of rotatable bonds is 5. The van der Waals surface area contributed by atoms with Gasteiger partial charge < -0.3 is 14.5 Å². The molecule has 1 amide bonds. The Morgan fingerprint density at radius 2 is 2.06 bits per heavy atom. The molecule has 0 saturated carbocycles. The summed E-state index contributed by atoms with van der Waals surface area (Å²) >= 11 is 0. The van der Waals surface area contributed by atoms with Crippen LogP contribution in [0.1, 0.15) is 33.1 Å². The van der Waals surface area contributed by atoms with Crippen LogP contribution in [0.3, 0.4) is 0 Å². The highest BCUT2D eigenvalue weighted by atomic mass is 16.5. The maximum Gasteiger partial charge on any atom is 0.251 e. The molecule has 4 heteroatoms. The lowest BCUT2D eigenvalue weighted by atomic mass is 10.0. The molecule has 0 aromatic heterocycles. The summed E-state index contributed by atoms with van der Waals surface area (Å²) in [6, 6.07) is 0.383. The molecule has 0 radical (unpaired) electrons. The zero-order valence-corrected chi connectivity index (χ0v) is 11.6. The fourth-order valence-corrected chi connectivity index (χ4v) is 2.41. The van der Waals surface area contributed by atoms with E-state index in [2.05, 4.69) is 11.8 Å². The lowest BCUT2D eigenvalue weighted by molar-refractivity contribution is -0.142. The number of hydrogen-bond donors (Lipinski definition) is 0. The topological polar surface area (TPSA) is 32.8 Å². The van der Waals surface area contributed by atoms with Gasteiger partial charge in [0.25, 0.3) is 5.91 Å². The number of nitrogens with zero attached hydrogens (tertiary/aromatic N) is 2. The maximum absolute atomic E-state index is 12.0. The van der Waals surface area contributed by atoms with Gasteiger partial charge in [-0.15, -0.1) is 0 Å². The van der Waals surface area contributed by atoms with Crippen LogP contribution in [0, 0.1) is 0 Å². The molecule has 0 aliphatic carbocycles. The van der Waals surface area contributed by atoms with Gasteiger partial charge in [0.05, 0.1) is 0 Å². The Labute approximate surface area is 105 Å². The second-order valence-electron chi connectivity index (χ2n) is 4.90. The Morgan fingerprint density at radius 3 is 2.53 bits per heavy atom. The third-order valence-corrected chi connectivity index (χ3v) is 3.69. The van der Waals surface area contributed by atoms with Crippen LogP contribution in [0.5, 0.6) is 0 Å². The fraction of sp³-hybridized carbons (Fsp3) is 0.923. The monoisotopic (exact) mass is 242 g/mol. The van der Waals surface area contributed by atoms with Gasteiger partial charge in [0.2, 0.25) is 0 Å². The van der Waals surface area contributed by atoms with Gasteiger partial charge in [-0.3, -0.25) is 4.79 Å². The van der Waals surface area contributed by atoms with E-state index in [1.54, 1.807) is 7.11 Å². The number of piperidine rings is 1. The molecule has 1 unspecified atom stereocenters. The lowest BCUT2D eigenvalue weighted by Gasteiger charge is -2.37. The summed E-state index contributed by atoms with van der Waals surface area (Å²) in [7, 11) is 3.48. The van der Waals surface area contributed by atoms with Crippen LogP contribution in [-0.4, -0.2) is 61.6 Å². The predicted molar refractivity (Wildman–Crippen MR) is 69.0 cm³/mol. The van der Waals surface area contributed by atoms with E-state index in [1.807, 2.05) is 18.9 Å². The molecule has 0 aromatic rings. The molecule has 0 aromatic carbocycles. The van der Waals surface area contributed by atoms with Crippen molar-refractivity contribution in [3.8, 4) is 0 Å². The van der Waals surface area contributed by atoms with E-state index in [4.69, 9.17) is 4.74 Å². The summed E-state index contributed by atoms with van der Waals surface area (Å²) in [4.78, 5) is 16.3. The average molecular weight is 242 g/mol. The molecule has 0 bridgehead atoms. The molecule has 0 spiro atoms. The highest BCUT2D eigenvalue weighted by Crippen LogP contribution is 2.16. The lowest BCUT2D eigenvalue weighted by Crippen LogP contribution is -2.48. The zero-order chi connectivity index (χ0) is 12.8. The SMILES string of the molecule is CCCN1CCC(N(C)C(=O)C(C)OC)CC1. The summed E-state index contributed by atoms with van der Waals surface area (Å²) < 4.78 is 5.08. The highest BCUT2D eigenvalue weighted by molar-refractivity contribution is 5.80. The Hall–Kier alpha value is -0.610. The van der Waals surface area contributed by atoms with Crippen LogP contribution in [0.4, 0.5) is 0 Å². The van der Waals surface area contributed by atoms with Crippen molar-refractivity contribution in [2.45, 2.75) is 45.3 Å². The number of likely N-dealkylation sites (tertiary alicyclic amines) is 1. The molecule has 1 aliphatic heterocycles. The zero-order valence-electron chi connectivity index (χ0n) is 11.6. The molecule has 1 aliphatic rings. The number of carbonyl (C=O) groups excluding carboxylic acids is 1. The van der Waals surface area contributed by atoms with E-state index in [1.165, 1.54) is 13.0 Å². The molecule has 1 atom stereocenters. The van der Waals surface area contributed by atoms with Gasteiger partial charge in [0, 0.05) is 33.3 Å². The van der Waals surface area contributed by atoms with Crippen molar-refractivity contribution in [1.29, 1.82) is 0 Å². The molecule has 1 heterocycles. The molecule has 1 saturated heterocycles. The fourth-order valence-electron chi connectivity index (χ4n) is 2.41. The van der Waals surface area contributed by atoms with E-state index in [0.29, 0.717) is 6.04 Å². The first-order valence-electron chi connectivity index (χ1n) is 6.62. The number of amides is 1. The number of methoxy groups -OCH3 is 1. The van der Waals surface area contributed by atoms with Gasteiger partial charge in [-0.25, -0.2) is 0 Å². The van der Waals surface area contributed by atoms with Gasteiger partial charge >= 0.3 is 0 Å². The van der Waals surface area contributed by atoms with Crippen molar-refractivity contribution >= 4 is 5.91 Å². The quantitative estimate of drug-likeness (QED) is 0.729. The van der Waals surface area contributed by atoms with Crippen molar-refractivity contribution in [3.05, 3.63) is 0 Å². The van der Waals surface area contributed by atoms with Crippen LogP contribution >= 0.6 is 0 Å². The van der Waals surface area contributed by atoms with Gasteiger partial charge in [-0.1, -0.05) is 6.92 Å². The van der Waals surface area contributed by atoms with Gasteiger partial charge in [-0.05, 0) is 32.7 Å². The Morgan fingerprint density at radius 1 is 1.47 bits per heavy atom. The third-order valence-electron chi connectivity index (χ3n) is 3.69. The first kappa shape index (κ1) is 14.5. The van der Waals surface area contributed by atoms with Crippen LogP contribution in [0.2, 0.25) is 0 Å². The minimum atomic E-state index is -0.325. The first-order chi connectivity index (χ1) is 8.10. The second-order valence-corrected chi connectivity index (χ2v) is 4.90. The third kappa shape index (κ3) is 3.96. The number of likely N-dealkylation sites (N-methyl/N-ethyl adjacent to an activating group) is 1. The summed E-state index contributed by atoms with van der Waals surface area (Å²) in [6.07, 6.45) is 3.05. The van der Waals surface area contributed by atoms with Gasteiger partial charge in [0.1, 0.15) is 6.10 Å². The predicted octanol–water partition coefficient (Wildman–Crippen LogP) is 1.35. The van der Waals surface area contributed by atoms with E-state index in [0.717, 1.165) is 25.9 Å². The summed E-state index contributed by atoms with van der Waals surface area (Å²) in [5.74, 6) is 0.0986. The summed E-state index contributed by atoms with van der Waals surface area (Å²) in [5, 5.41) is 0. The Bertz CT molecular complexity index is 238. The van der Waals surface area contributed by atoms with E-state index in [-0.39, 0.29) is 12.0 Å². The highest BCUT2D eigenvalue weighted by Gasteiger charge is 2.27. The van der Waals surface area contributed by atoms with E-state index >= 15 is 0 Å². The first-order valence-corrected chi connectivity index (χ1v) is 6.62. The number of ether oxygens (including phenoxy) is 1. The van der Waals surface area contributed by atoms with Crippen LogP contribution in [-0.2, 0) is 9.53 Å². The molecule has 4 nitrogen and oxygen atoms in total.